The molecular formula is C16H16FNO2S. The van der Waals surface area contributed by atoms with Gasteiger partial charge in [-0.3, -0.25) is 9.69 Å². The number of hydrogen-bond acceptors (Lipinski definition) is 3. The Morgan fingerprint density at radius 3 is 2.90 bits per heavy atom. The van der Waals surface area contributed by atoms with Crippen LogP contribution in [0.15, 0.2) is 35.7 Å². The van der Waals surface area contributed by atoms with Crippen molar-refractivity contribution < 1.29 is 14.3 Å². The van der Waals surface area contributed by atoms with Crippen molar-refractivity contribution in [1.82, 2.24) is 4.90 Å². The van der Waals surface area contributed by atoms with Crippen molar-refractivity contribution in [3.05, 3.63) is 57.5 Å². The smallest absolute Gasteiger partial charge is 0.325 e. The number of thiophene rings is 1. The normalized spacial score (nSPS) is 20.0. The quantitative estimate of drug-likeness (QED) is 0.941. The molecule has 1 aromatic heterocycles. The molecular weight excluding hydrogens is 289 g/mol. The first kappa shape index (κ1) is 14.2. The Labute approximate surface area is 126 Å². The molecule has 0 radical (unpaired) electrons. The van der Waals surface area contributed by atoms with Crippen LogP contribution in [0.5, 0.6) is 0 Å². The second kappa shape index (κ2) is 5.58. The van der Waals surface area contributed by atoms with Crippen molar-refractivity contribution in [2.24, 2.45) is 0 Å². The summed E-state index contributed by atoms with van der Waals surface area (Å²) in [4.78, 5) is 14.7. The number of carboxylic acids is 1. The standard InChI is InChI=1S/C16H16FNO2S/c1-10(11-4-2-3-5-13(11)17)18-8-6-14-12(7-9-21-14)15(18)16(19)20/h2-5,7,9-10,15H,6,8H2,1H3,(H,19,20). The molecule has 0 amide bonds. The minimum atomic E-state index is -0.877. The maximum Gasteiger partial charge on any atom is 0.325 e. The first-order valence-corrected chi connectivity index (χ1v) is 7.77. The third-order valence-electron chi connectivity index (χ3n) is 4.09. The van der Waals surface area contributed by atoms with Gasteiger partial charge in [-0.25, -0.2) is 4.39 Å². The number of fused-ring (bicyclic) bond motifs is 1. The second-order valence-corrected chi connectivity index (χ2v) is 6.23. The summed E-state index contributed by atoms with van der Waals surface area (Å²) in [6.07, 6.45) is 0.815. The zero-order valence-electron chi connectivity index (χ0n) is 11.6. The van der Waals surface area contributed by atoms with Gasteiger partial charge >= 0.3 is 5.97 Å². The molecule has 2 heterocycles. The number of carbonyl (C=O) groups is 1. The van der Waals surface area contributed by atoms with Crippen LogP contribution in [0.4, 0.5) is 4.39 Å². The van der Waals surface area contributed by atoms with Gasteiger partial charge in [-0.15, -0.1) is 11.3 Å². The number of carboxylic acid groups (broad SMARTS) is 1. The van der Waals surface area contributed by atoms with Crippen molar-refractivity contribution in [3.63, 3.8) is 0 Å². The molecule has 0 fully saturated rings. The van der Waals surface area contributed by atoms with Crippen molar-refractivity contribution in [2.45, 2.75) is 25.4 Å². The van der Waals surface area contributed by atoms with Gasteiger partial charge < -0.3 is 5.11 Å². The van der Waals surface area contributed by atoms with Crippen LogP contribution in [0.1, 0.15) is 35.0 Å². The highest BCUT2D eigenvalue weighted by Crippen LogP contribution is 2.38. The number of halogens is 1. The van der Waals surface area contributed by atoms with E-state index in [-0.39, 0.29) is 11.9 Å². The number of aliphatic carboxylic acids is 1. The molecule has 3 rings (SSSR count). The van der Waals surface area contributed by atoms with Gasteiger partial charge in [0.05, 0.1) is 0 Å². The maximum absolute atomic E-state index is 14.0. The number of rotatable bonds is 3. The lowest BCUT2D eigenvalue weighted by Crippen LogP contribution is -2.40. The predicted octanol–water partition coefficient (Wildman–Crippen LogP) is 3.63. The van der Waals surface area contributed by atoms with Crippen LogP contribution < -0.4 is 0 Å². The van der Waals surface area contributed by atoms with Crippen LogP contribution in [-0.2, 0) is 11.2 Å². The molecule has 1 aliphatic heterocycles. The topological polar surface area (TPSA) is 40.5 Å². The fraction of sp³-hybridized carbons (Fsp3) is 0.312. The summed E-state index contributed by atoms with van der Waals surface area (Å²) in [5, 5.41) is 11.5. The lowest BCUT2D eigenvalue weighted by molar-refractivity contribution is -0.145. The molecule has 2 unspecified atom stereocenters. The number of nitrogens with zero attached hydrogens (tertiary/aromatic N) is 1. The van der Waals surface area contributed by atoms with E-state index in [0.29, 0.717) is 12.1 Å². The Morgan fingerprint density at radius 1 is 1.43 bits per heavy atom. The van der Waals surface area contributed by atoms with E-state index in [2.05, 4.69) is 0 Å². The molecule has 21 heavy (non-hydrogen) atoms. The molecule has 0 aliphatic carbocycles. The van der Waals surface area contributed by atoms with Crippen LogP contribution in [0.25, 0.3) is 0 Å². The van der Waals surface area contributed by atoms with Crippen LogP contribution >= 0.6 is 11.3 Å². The molecule has 1 aliphatic rings. The van der Waals surface area contributed by atoms with E-state index in [0.717, 1.165) is 16.9 Å². The SMILES string of the molecule is CC(c1ccccc1F)N1CCc2sccc2C1C(=O)O. The van der Waals surface area contributed by atoms with Crippen LogP contribution in [0.3, 0.4) is 0 Å². The van der Waals surface area contributed by atoms with E-state index in [4.69, 9.17) is 0 Å². The van der Waals surface area contributed by atoms with E-state index in [9.17, 15) is 14.3 Å². The molecule has 5 heteroatoms. The van der Waals surface area contributed by atoms with Crippen LogP contribution in [-0.4, -0.2) is 22.5 Å². The van der Waals surface area contributed by atoms with Gasteiger partial charge in [-0.2, -0.15) is 0 Å². The second-order valence-electron chi connectivity index (χ2n) is 5.23. The molecule has 1 aromatic carbocycles. The van der Waals surface area contributed by atoms with E-state index >= 15 is 0 Å². The van der Waals surface area contributed by atoms with Gasteiger partial charge in [0, 0.05) is 23.0 Å². The Bertz CT molecular complexity index is 670. The summed E-state index contributed by atoms with van der Waals surface area (Å²) in [6, 6.07) is 7.47. The van der Waals surface area contributed by atoms with Gasteiger partial charge in [-0.05, 0) is 36.4 Å². The van der Waals surface area contributed by atoms with E-state index in [1.54, 1.807) is 29.5 Å². The third-order valence-corrected chi connectivity index (χ3v) is 5.09. The van der Waals surface area contributed by atoms with Crippen molar-refractivity contribution in [2.75, 3.05) is 6.54 Å². The Morgan fingerprint density at radius 2 is 2.19 bits per heavy atom. The molecule has 110 valence electrons. The molecule has 2 atom stereocenters. The fourth-order valence-corrected chi connectivity index (χ4v) is 3.92. The van der Waals surface area contributed by atoms with Crippen molar-refractivity contribution in [1.29, 1.82) is 0 Å². The molecule has 3 nitrogen and oxygen atoms in total. The van der Waals surface area contributed by atoms with Gasteiger partial charge in [0.2, 0.25) is 0 Å². The monoisotopic (exact) mass is 305 g/mol. The summed E-state index contributed by atoms with van der Waals surface area (Å²) < 4.78 is 14.0. The van der Waals surface area contributed by atoms with Crippen molar-refractivity contribution >= 4 is 17.3 Å². The summed E-state index contributed by atoms with van der Waals surface area (Å²) in [5.74, 6) is -1.16. The first-order valence-electron chi connectivity index (χ1n) is 6.89. The minimum absolute atomic E-state index is 0.277. The van der Waals surface area contributed by atoms with Gasteiger partial charge in [0.1, 0.15) is 11.9 Å². The maximum atomic E-state index is 14.0. The molecule has 1 N–H and O–H groups in total. The highest BCUT2D eigenvalue weighted by Gasteiger charge is 2.37. The van der Waals surface area contributed by atoms with E-state index < -0.39 is 12.0 Å². The predicted molar refractivity (Wildman–Crippen MR) is 79.9 cm³/mol. The largest absolute Gasteiger partial charge is 0.480 e. The Balaban J connectivity index is 1.98. The van der Waals surface area contributed by atoms with Gasteiger partial charge in [-0.1, -0.05) is 18.2 Å². The molecule has 2 aromatic rings. The first-order chi connectivity index (χ1) is 10.1. The third kappa shape index (κ3) is 2.47. The van der Waals surface area contributed by atoms with E-state index in [1.807, 2.05) is 23.3 Å². The average molecular weight is 305 g/mol. The molecule has 0 saturated carbocycles. The highest BCUT2D eigenvalue weighted by molar-refractivity contribution is 7.10. The van der Waals surface area contributed by atoms with Crippen LogP contribution in [0.2, 0.25) is 0 Å². The fourth-order valence-electron chi connectivity index (χ4n) is 3.02. The van der Waals surface area contributed by atoms with Crippen molar-refractivity contribution in [3.8, 4) is 0 Å². The zero-order valence-corrected chi connectivity index (χ0v) is 12.4. The zero-order chi connectivity index (χ0) is 15.0. The summed E-state index contributed by atoms with van der Waals surface area (Å²) in [5.41, 5.74) is 1.39. The summed E-state index contributed by atoms with van der Waals surface area (Å²) in [7, 11) is 0. The molecule has 0 spiro atoms. The highest BCUT2D eigenvalue weighted by atomic mass is 32.1. The molecule has 0 saturated heterocycles. The minimum Gasteiger partial charge on any atom is -0.480 e. The number of benzene rings is 1. The Kier molecular flexibility index (Phi) is 3.78. The van der Waals surface area contributed by atoms with Gasteiger partial charge in [0.15, 0.2) is 0 Å². The van der Waals surface area contributed by atoms with E-state index in [1.165, 1.54) is 6.07 Å². The summed E-state index contributed by atoms with van der Waals surface area (Å²) >= 11 is 1.60. The lowest BCUT2D eigenvalue weighted by Gasteiger charge is -2.37. The average Bonchev–Trinajstić information content (AvgIpc) is 2.94. The lowest BCUT2D eigenvalue weighted by atomic mass is 9.95. The van der Waals surface area contributed by atoms with Crippen LogP contribution in [0, 0.1) is 5.82 Å². The molecule has 0 bridgehead atoms. The summed E-state index contributed by atoms with van der Waals surface area (Å²) in [6.45, 7) is 2.49. The number of hydrogen-bond donors (Lipinski definition) is 1. The Hall–Kier alpha value is -1.72. The van der Waals surface area contributed by atoms with Gasteiger partial charge in [0.25, 0.3) is 0 Å².